The minimum atomic E-state index is -0.813. The lowest BCUT2D eigenvalue weighted by Crippen LogP contribution is -2.32. The number of esters is 1. The van der Waals surface area contributed by atoms with Gasteiger partial charge in [-0.15, -0.1) is 0 Å². The number of ether oxygens (including phenoxy) is 3. The summed E-state index contributed by atoms with van der Waals surface area (Å²) in [6, 6.07) is 10.1. The average molecular weight is 387 g/mol. The summed E-state index contributed by atoms with van der Waals surface area (Å²) in [4.78, 5) is 35.8. The normalized spacial score (nSPS) is 12.6. The monoisotopic (exact) mass is 387 g/mol. The highest BCUT2D eigenvalue weighted by Gasteiger charge is 2.17. The maximum atomic E-state index is 13.5. The molecule has 0 saturated carbocycles. The first kappa shape index (κ1) is 19.3. The maximum Gasteiger partial charge on any atom is 0.325 e. The van der Waals surface area contributed by atoms with Crippen molar-refractivity contribution in [2.24, 2.45) is 0 Å². The second-order valence-corrected chi connectivity index (χ2v) is 5.96. The number of ketones is 1. The molecule has 1 heterocycles. The van der Waals surface area contributed by atoms with Gasteiger partial charge >= 0.3 is 5.97 Å². The van der Waals surface area contributed by atoms with Gasteiger partial charge in [-0.25, -0.2) is 4.39 Å². The van der Waals surface area contributed by atoms with Crippen molar-refractivity contribution in [3.63, 3.8) is 0 Å². The number of benzene rings is 2. The highest BCUT2D eigenvalue weighted by Crippen LogP contribution is 2.30. The van der Waals surface area contributed by atoms with E-state index in [1.165, 1.54) is 24.3 Å². The Morgan fingerprint density at radius 2 is 1.79 bits per heavy atom. The zero-order chi connectivity index (χ0) is 19.9. The fraction of sp³-hybridized carbons (Fsp3) is 0.250. The van der Waals surface area contributed by atoms with Crippen molar-refractivity contribution in [2.45, 2.75) is 6.42 Å². The molecule has 8 heteroatoms. The molecule has 0 fully saturated rings. The molecule has 0 radical (unpaired) electrons. The molecule has 0 bridgehead atoms. The predicted octanol–water partition coefficient (Wildman–Crippen LogP) is 2.14. The van der Waals surface area contributed by atoms with E-state index >= 15 is 0 Å². The van der Waals surface area contributed by atoms with Gasteiger partial charge in [-0.05, 0) is 30.3 Å². The van der Waals surface area contributed by atoms with Crippen LogP contribution >= 0.6 is 0 Å². The number of Topliss-reactive ketones (excluding diaryl/α,β-unsaturated/α-hetero) is 1. The standard InChI is InChI=1S/C20H18FNO6/c21-15-5-2-1-4-14(15)20(25)22-11-19(24)28-12-16(23)13-6-7-17-18(10-13)27-9-3-8-26-17/h1-2,4-7,10H,3,8-9,11-12H2,(H,22,25). The Morgan fingerprint density at radius 3 is 2.57 bits per heavy atom. The van der Waals surface area contributed by atoms with Crippen LogP contribution in [-0.4, -0.2) is 44.0 Å². The Hall–Kier alpha value is -3.42. The number of carbonyl (C=O) groups excluding carboxylic acids is 3. The molecule has 0 atom stereocenters. The fourth-order valence-corrected chi connectivity index (χ4v) is 2.51. The minimum absolute atomic E-state index is 0.182. The largest absolute Gasteiger partial charge is 0.490 e. The van der Waals surface area contributed by atoms with Crippen LogP contribution in [0.1, 0.15) is 27.1 Å². The summed E-state index contributed by atoms with van der Waals surface area (Å²) in [7, 11) is 0. The van der Waals surface area contributed by atoms with Gasteiger partial charge in [0, 0.05) is 12.0 Å². The van der Waals surface area contributed by atoms with E-state index < -0.39 is 36.6 Å². The van der Waals surface area contributed by atoms with Crippen LogP contribution in [0, 0.1) is 5.82 Å². The lowest BCUT2D eigenvalue weighted by atomic mass is 10.1. The molecule has 7 nitrogen and oxygen atoms in total. The summed E-state index contributed by atoms with van der Waals surface area (Å²) in [6.07, 6.45) is 0.744. The number of hydrogen-bond acceptors (Lipinski definition) is 6. The molecular weight excluding hydrogens is 369 g/mol. The zero-order valence-electron chi connectivity index (χ0n) is 14.9. The maximum absolute atomic E-state index is 13.5. The number of hydrogen-bond donors (Lipinski definition) is 1. The minimum Gasteiger partial charge on any atom is -0.490 e. The van der Waals surface area contributed by atoms with Crippen LogP contribution in [0.25, 0.3) is 0 Å². The predicted molar refractivity (Wildman–Crippen MR) is 96.1 cm³/mol. The van der Waals surface area contributed by atoms with Gasteiger partial charge in [-0.1, -0.05) is 12.1 Å². The highest BCUT2D eigenvalue weighted by atomic mass is 19.1. The Balaban J connectivity index is 1.49. The van der Waals surface area contributed by atoms with Crippen molar-refractivity contribution >= 4 is 17.7 Å². The third-order valence-corrected chi connectivity index (χ3v) is 3.95. The van der Waals surface area contributed by atoms with E-state index in [2.05, 4.69) is 5.32 Å². The number of rotatable bonds is 6. The lowest BCUT2D eigenvalue weighted by molar-refractivity contribution is -0.141. The van der Waals surface area contributed by atoms with Crippen LogP contribution in [0.2, 0.25) is 0 Å². The second-order valence-electron chi connectivity index (χ2n) is 5.96. The van der Waals surface area contributed by atoms with Gasteiger partial charge in [0.25, 0.3) is 5.91 Å². The molecule has 1 amide bonds. The van der Waals surface area contributed by atoms with Crippen LogP contribution < -0.4 is 14.8 Å². The molecule has 1 N–H and O–H groups in total. The van der Waals surface area contributed by atoms with Crippen molar-refractivity contribution < 1.29 is 33.0 Å². The number of carbonyl (C=O) groups is 3. The topological polar surface area (TPSA) is 90.9 Å². The Labute approximate surface area is 160 Å². The van der Waals surface area contributed by atoms with Crippen molar-refractivity contribution in [1.82, 2.24) is 5.32 Å². The molecule has 0 aliphatic carbocycles. The fourth-order valence-electron chi connectivity index (χ4n) is 2.51. The number of nitrogens with one attached hydrogen (secondary N) is 1. The summed E-state index contributed by atoms with van der Waals surface area (Å²) in [5.74, 6) is -1.66. The molecule has 146 valence electrons. The van der Waals surface area contributed by atoms with Crippen molar-refractivity contribution in [3.05, 3.63) is 59.4 Å². The summed E-state index contributed by atoms with van der Waals surface area (Å²) >= 11 is 0. The number of fused-ring (bicyclic) bond motifs is 1. The van der Waals surface area contributed by atoms with Gasteiger partial charge in [0.05, 0.1) is 18.8 Å². The summed E-state index contributed by atoms with van der Waals surface area (Å²) in [6.45, 7) is 0.0491. The smallest absolute Gasteiger partial charge is 0.325 e. The quantitative estimate of drug-likeness (QED) is 0.603. The van der Waals surface area contributed by atoms with Gasteiger partial charge in [0.1, 0.15) is 12.4 Å². The van der Waals surface area contributed by atoms with Crippen LogP contribution in [-0.2, 0) is 9.53 Å². The average Bonchev–Trinajstić information content (AvgIpc) is 2.95. The SMILES string of the molecule is O=C(CNC(=O)c1ccccc1F)OCC(=O)c1ccc2c(c1)OCCCO2. The second kappa shape index (κ2) is 8.98. The molecule has 0 spiro atoms. The first-order chi connectivity index (χ1) is 13.5. The highest BCUT2D eigenvalue weighted by molar-refractivity contribution is 5.99. The van der Waals surface area contributed by atoms with Crippen LogP contribution in [0.3, 0.4) is 0 Å². The molecular formula is C20H18FNO6. The van der Waals surface area contributed by atoms with Crippen molar-refractivity contribution in [1.29, 1.82) is 0 Å². The Kier molecular flexibility index (Phi) is 6.21. The summed E-state index contributed by atoms with van der Waals surface area (Å²) < 4.78 is 29.4. The van der Waals surface area contributed by atoms with Crippen molar-refractivity contribution in [3.8, 4) is 11.5 Å². The molecule has 3 rings (SSSR count). The van der Waals surface area contributed by atoms with Gasteiger partial charge in [0.15, 0.2) is 23.9 Å². The molecule has 28 heavy (non-hydrogen) atoms. The van der Waals surface area contributed by atoms with Crippen LogP contribution in [0.15, 0.2) is 42.5 Å². The molecule has 0 saturated heterocycles. The van der Waals surface area contributed by atoms with Crippen LogP contribution in [0.4, 0.5) is 4.39 Å². The van der Waals surface area contributed by atoms with Crippen molar-refractivity contribution in [2.75, 3.05) is 26.4 Å². The summed E-state index contributed by atoms with van der Waals surface area (Å²) in [5, 5.41) is 2.25. The first-order valence-electron chi connectivity index (χ1n) is 8.66. The van der Waals surface area contributed by atoms with E-state index in [0.29, 0.717) is 30.3 Å². The van der Waals surface area contributed by atoms with E-state index in [4.69, 9.17) is 14.2 Å². The molecule has 1 aliphatic heterocycles. The molecule has 1 aliphatic rings. The first-order valence-corrected chi connectivity index (χ1v) is 8.66. The van der Waals surface area contributed by atoms with Gasteiger partial charge in [-0.3, -0.25) is 14.4 Å². The zero-order valence-corrected chi connectivity index (χ0v) is 14.9. The molecule has 2 aromatic carbocycles. The van der Waals surface area contributed by atoms with Gasteiger partial charge in [-0.2, -0.15) is 0 Å². The Bertz CT molecular complexity index is 898. The molecule has 0 unspecified atom stereocenters. The van der Waals surface area contributed by atoms with Gasteiger partial charge < -0.3 is 19.5 Å². The molecule has 0 aromatic heterocycles. The number of halogens is 1. The van der Waals surface area contributed by atoms with E-state index in [1.54, 1.807) is 12.1 Å². The third-order valence-electron chi connectivity index (χ3n) is 3.95. The molecule has 2 aromatic rings. The van der Waals surface area contributed by atoms with Crippen LogP contribution in [0.5, 0.6) is 11.5 Å². The van der Waals surface area contributed by atoms with E-state index in [0.717, 1.165) is 12.5 Å². The van der Waals surface area contributed by atoms with Gasteiger partial charge in [0.2, 0.25) is 0 Å². The van der Waals surface area contributed by atoms with E-state index in [9.17, 15) is 18.8 Å². The third kappa shape index (κ3) is 4.85. The lowest BCUT2D eigenvalue weighted by Gasteiger charge is -2.09. The summed E-state index contributed by atoms with van der Waals surface area (Å²) in [5.41, 5.74) is 0.131. The number of amides is 1. The Morgan fingerprint density at radius 1 is 1.04 bits per heavy atom. The van der Waals surface area contributed by atoms with E-state index in [-0.39, 0.29) is 5.56 Å². The van der Waals surface area contributed by atoms with E-state index in [1.807, 2.05) is 0 Å².